The van der Waals surface area contributed by atoms with Gasteiger partial charge in [-0.15, -0.1) is 0 Å². The lowest BCUT2D eigenvalue weighted by atomic mass is 10.1. The highest BCUT2D eigenvalue weighted by Crippen LogP contribution is 2.45. The first-order valence-corrected chi connectivity index (χ1v) is 12.2. The number of hydrogen-bond acceptors (Lipinski definition) is 7. The summed E-state index contributed by atoms with van der Waals surface area (Å²) in [5.74, 6) is 0.335. The highest BCUT2D eigenvalue weighted by Gasteiger charge is 2.35. The molecule has 0 spiro atoms. The lowest BCUT2D eigenvalue weighted by Crippen LogP contribution is -2.37. The summed E-state index contributed by atoms with van der Waals surface area (Å²) in [6.07, 6.45) is 0. The SMILES string of the molecule is COc1ccc(N(C(=O)c2cc(OC)c(OC)c(OC)c2Br)S(=O)(=O)c2ccc(C)cc2)cc1. The largest absolute Gasteiger partial charge is 0.497 e. The van der Waals surface area contributed by atoms with Crippen molar-refractivity contribution in [2.45, 2.75) is 11.8 Å². The number of methoxy groups -OCH3 is 4. The lowest BCUT2D eigenvalue weighted by Gasteiger charge is -2.24. The maximum Gasteiger partial charge on any atom is 0.273 e. The minimum Gasteiger partial charge on any atom is -0.497 e. The fourth-order valence-electron chi connectivity index (χ4n) is 3.28. The van der Waals surface area contributed by atoms with Crippen molar-refractivity contribution in [3.63, 3.8) is 0 Å². The van der Waals surface area contributed by atoms with Crippen molar-refractivity contribution >= 4 is 37.5 Å². The van der Waals surface area contributed by atoms with Gasteiger partial charge in [-0.1, -0.05) is 17.7 Å². The van der Waals surface area contributed by atoms with Crippen molar-refractivity contribution in [3.05, 3.63) is 70.2 Å². The van der Waals surface area contributed by atoms with Gasteiger partial charge in [0.2, 0.25) is 5.75 Å². The second-order valence-electron chi connectivity index (χ2n) is 7.09. The molecule has 0 heterocycles. The lowest BCUT2D eigenvalue weighted by molar-refractivity contribution is 0.100. The summed E-state index contributed by atoms with van der Waals surface area (Å²) in [4.78, 5) is 13.8. The van der Waals surface area contributed by atoms with Gasteiger partial charge in [0, 0.05) is 0 Å². The van der Waals surface area contributed by atoms with E-state index >= 15 is 0 Å². The third-order valence-electron chi connectivity index (χ3n) is 5.05. The van der Waals surface area contributed by atoms with Crippen LogP contribution < -0.4 is 23.3 Å². The molecule has 3 rings (SSSR count). The molecule has 0 aliphatic heterocycles. The maximum atomic E-state index is 13.9. The molecule has 0 aliphatic rings. The number of aryl methyl sites for hydroxylation is 1. The van der Waals surface area contributed by atoms with E-state index in [-0.39, 0.29) is 37.9 Å². The molecule has 0 bridgehead atoms. The van der Waals surface area contributed by atoms with Crippen LogP contribution in [0.4, 0.5) is 5.69 Å². The van der Waals surface area contributed by atoms with E-state index in [2.05, 4.69) is 15.9 Å². The molecule has 0 radical (unpaired) electrons. The zero-order valence-electron chi connectivity index (χ0n) is 19.3. The summed E-state index contributed by atoms with van der Waals surface area (Å²) < 4.78 is 49.7. The molecule has 3 aromatic carbocycles. The Morgan fingerprint density at radius 3 is 1.91 bits per heavy atom. The molecule has 8 nitrogen and oxygen atoms in total. The van der Waals surface area contributed by atoms with Gasteiger partial charge in [-0.3, -0.25) is 4.79 Å². The zero-order chi connectivity index (χ0) is 25.0. The minimum absolute atomic E-state index is 0.000930. The molecule has 180 valence electrons. The molecule has 0 unspecified atom stereocenters. The Balaban J connectivity index is 2.27. The maximum absolute atomic E-state index is 13.9. The fourth-order valence-corrected chi connectivity index (χ4v) is 5.32. The summed E-state index contributed by atoms with van der Waals surface area (Å²) in [5.41, 5.74) is 1.02. The number of carbonyl (C=O) groups excluding carboxylic acids is 1. The average molecular weight is 550 g/mol. The third kappa shape index (κ3) is 4.69. The Hall–Kier alpha value is -3.24. The van der Waals surface area contributed by atoms with Crippen LogP contribution in [0.15, 0.2) is 64.0 Å². The summed E-state index contributed by atoms with van der Waals surface area (Å²) >= 11 is 3.37. The quantitative estimate of drug-likeness (QED) is 0.397. The molecule has 0 saturated carbocycles. The Bertz CT molecular complexity index is 1290. The predicted octanol–water partition coefficient (Wildman–Crippen LogP) is 4.83. The van der Waals surface area contributed by atoms with Crippen molar-refractivity contribution in [3.8, 4) is 23.0 Å². The van der Waals surface area contributed by atoms with Crippen LogP contribution in [0.5, 0.6) is 23.0 Å². The van der Waals surface area contributed by atoms with E-state index in [9.17, 15) is 13.2 Å². The summed E-state index contributed by atoms with van der Waals surface area (Å²) in [7, 11) is 1.43. The molecule has 34 heavy (non-hydrogen) atoms. The topological polar surface area (TPSA) is 91.4 Å². The monoisotopic (exact) mass is 549 g/mol. The summed E-state index contributed by atoms with van der Waals surface area (Å²) in [6, 6.07) is 13.8. The van der Waals surface area contributed by atoms with Gasteiger partial charge < -0.3 is 18.9 Å². The number of nitrogens with zero attached hydrogens (tertiary/aromatic N) is 1. The minimum atomic E-state index is -4.30. The normalized spacial score (nSPS) is 11.0. The van der Waals surface area contributed by atoms with Gasteiger partial charge >= 0.3 is 0 Å². The van der Waals surface area contributed by atoms with Gasteiger partial charge in [-0.05, 0) is 65.3 Å². The van der Waals surface area contributed by atoms with Gasteiger partial charge in [-0.2, -0.15) is 4.31 Å². The van der Waals surface area contributed by atoms with E-state index in [1.807, 2.05) is 6.92 Å². The molecule has 0 N–H and O–H groups in total. The van der Waals surface area contributed by atoms with Crippen LogP contribution in [0.3, 0.4) is 0 Å². The highest BCUT2D eigenvalue weighted by molar-refractivity contribution is 9.10. The number of amides is 1. The van der Waals surface area contributed by atoms with Gasteiger partial charge in [-0.25, -0.2) is 8.42 Å². The van der Waals surface area contributed by atoms with Crippen LogP contribution in [0.1, 0.15) is 15.9 Å². The van der Waals surface area contributed by atoms with Gasteiger partial charge in [0.1, 0.15) is 5.75 Å². The molecule has 1 amide bonds. The molecule has 0 atom stereocenters. The highest BCUT2D eigenvalue weighted by atomic mass is 79.9. The molecular weight excluding hydrogens is 526 g/mol. The number of rotatable bonds is 8. The number of hydrogen-bond donors (Lipinski definition) is 0. The van der Waals surface area contributed by atoms with E-state index in [0.29, 0.717) is 5.75 Å². The zero-order valence-corrected chi connectivity index (χ0v) is 21.7. The number of anilines is 1. The second-order valence-corrected chi connectivity index (χ2v) is 9.67. The van der Waals surface area contributed by atoms with Crippen molar-refractivity contribution in [1.82, 2.24) is 0 Å². The van der Waals surface area contributed by atoms with Gasteiger partial charge in [0.25, 0.3) is 15.9 Å². The van der Waals surface area contributed by atoms with Crippen LogP contribution >= 0.6 is 15.9 Å². The standard InChI is InChI=1S/C24H24BrNO7S/c1-15-6-12-18(13-7-15)34(28,29)26(16-8-10-17(30-2)11-9-16)24(27)19-14-20(31-3)22(32-4)23(33-5)21(19)25/h6-14H,1-5H3. The number of sulfonamides is 1. The molecule has 0 saturated heterocycles. The number of benzene rings is 3. The molecule has 10 heteroatoms. The summed E-state index contributed by atoms with van der Waals surface area (Å²) in [6.45, 7) is 1.84. The Morgan fingerprint density at radius 2 is 1.41 bits per heavy atom. The smallest absolute Gasteiger partial charge is 0.273 e. The predicted molar refractivity (Wildman–Crippen MR) is 132 cm³/mol. The molecule has 0 fully saturated rings. The van der Waals surface area contributed by atoms with E-state index in [4.69, 9.17) is 18.9 Å². The molecule has 3 aromatic rings. The van der Waals surface area contributed by atoms with Crippen LogP contribution in [0, 0.1) is 6.92 Å². The van der Waals surface area contributed by atoms with E-state index < -0.39 is 15.9 Å². The van der Waals surface area contributed by atoms with Crippen molar-refractivity contribution in [2.75, 3.05) is 32.7 Å². The Morgan fingerprint density at radius 1 is 0.824 bits per heavy atom. The van der Waals surface area contributed by atoms with Crippen LogP contribution in [-0.4, -0.2) is 42.8 Å². The molecular formula is C24H24BrNO7S. The van der Waals surface area contributed by atoms with Gasteiger partial charge in [0.15, 0.2) is 11.5 Å². The van der Waals surface area contributed by atoms with Crippen molar-refractivity contribution in [1.29, 1.82) is 0 Å². The van der Waals surface area contributed by atoms with Crippen LogP contribution in [0.25, 0.3) is 0 Å². The average Bonchev–Trinajstić information content (AvgIpc) is 2.84. The second kappa shape index (κ2) is 10.4. The number of ether oxygens (including phenoxy) is 4. The first-order chi connectivity index (χ1) is 16.2. The number of halogens is 1. The third-order valence-corrected chi connectivity index (χ3v) is 7.56. The summed E-state index contributed by atoms with van der Waals surface area (Å²) in [5, 5.41) is 0. The van der Waals surface area contributed by atoms with Crippen LogP contribution in [-0.2, 0) is 10.0 Å². The number of carbonyl (C=O) groups is 1. The first kappa shape index (κ1) is 25.4. The first-order valence-electron chi connectivity index (χ1n) is 9.98. The van der Waals surface area contributed by atoms with Crippen molar-refractivity contribution in [2.24, 2.45) is 0 Å². The van der Waals surface area contributed by atoms with Crippen molar-refractivity contribution < 1.29 is 32.2 Å². The van der Waals surface area contributed by atoms with E-state index in [1.165, 1.54) is 58.8 Å². The molecule has 0 aliphatic carbocycles. The Kier molecular flexibility index (Phi) is 7.73. The fraction of sp³-hybridized carbons (Fsp3) is 0.208. The van der Waals surface area contributed by atoms with Gasteiger partial charge in [0.05, 0.1) is 49.1 Å². The molecule has 0 aromatic heterocycles. The van der Waals surface area contributed by atoms with Crippen LogP contribution in [0.2, 0.25) is 0 Å². The van der Waals surface area contributed by atoms with E-state index in [0.717, 1.165) is 9.87 Å². The Labute approximate surface area is 207 Å². The van der Waals surface area contributed by atoms with E-state index in [1.54, 1.807) is 24.3 Å².